The highest BCUT2D eigenvalue weighted by molar-refractivity contribution is 5.95. The topological polar surface area (TPSA) is 102 Å². The Kier molecular flexibility index (Phi) is 5.45. The maximum absolute atomic E-state index is 12.1. The molecule has 138 valence electrons. The molecular formula is C17H14F2N6O2. The third-order valence-corrected chi connectivity index (χ3v) is 3.52. The number of pyridine rings is 1. The number of carbonyl (C=O) groups is 2. The predicted molar refractivity (Wildman–Crippen MR) is 90.4 cm³/mol. The molecule has 0 saturated carbocycles. The summed E-state index contributed by atoms with van der Waals surface area (Å²) in [5.41, 5.74) is 5.89. The zero-order chi connectivity index (χ0) is 19.2. The molecule has 0 aliphatic carbocycles. The van der Waals surface area contributed by atoms with Crippen LogP contribution in [0.5, 0.6) is 0 Å². The van der Waals surface area contributed by atoms with Gasteiger partial charge in [0.2, 0.25) is 0 Å². The molecule has 0 aliphatic heterocycles. The van der Waals surface area contributed by atoms with E-state index < -0.39 is 18.2 Å². The largest absolute Gasteiger partial charge is 0.317 e. The summed E-state index contributed by atoms with van der Waals surface area (Å²) in [7, 11) is 0. The van der Waals surface area contributed by atoms with Crippen LogP contribution >= 0.6 is 0 Å². The van der Waals surface area contributed by atoms with E-state index in [1.807, 2.05) is 35.8 Å². The van der Waals surface area contributed by atoms with E-state index in [-0.39, 0.29) is 5.56 Å². The Balaban J connectivity index is 1.60. The van der Waals surface area contributed by atoms with Crippen molar-refractivity contribution < 1.29 is 18.4 Å². The highest BCUT2D eigenvalue weighted by Crippen LogP contribution is 2.15. The van der Waals surface area contributed by atoms with Crippen molar-refractivity contribution in [3.8, 4) is 11.3 Å². The Bertz CT molecular complexity index is 928. The van der Waals surface area contributed by atoms with Gasteiger partial charge >= 0.3 is 12.3 Å². The Labute approximate surface area is 152 Å². The normalized spacial score (nSPS) is 10.6. The summed E-state index contributed by atoms with van der Waals surface area (Å²) in [6, 6.07) is 12.6. The van der Waals surface area contributed by atoms with Gasteiger partial charge in [-0.15, -0.1) is 5.10 Å². The Hall–Kier alpha value is -3.69. The number of nitrogens with zero attached hydrogens (tertiary/aromatic N) is 4. The number of carbonyl (C=O) groups excluding carboxylic acids is 2. The molecule has 2 N–H and O–H groups in total. The number of nitrogens with one attached hydrogen (secondary N) is 2. The lowest BCUT2D eigenvalue weighted by molar-refractivity contribution is -0.132. The minimum Gasteiger partial charge on any atom is -0.267 e. The minimum atomic E-state index is -3.21. The van der Waals surface area contributed by atoms with E-state index in [2.05, 4.69) is 15.3 Å². The van der Waals surface area contributed by atoms with Crippen molar-refractivity contribution in [1.29, 1.82) is 0 Å². The van der Waals surface area contributed by atoms with Crippen molar-refractivity contribution in [2.24, 2.45) is 0 Å². The molecule has 3 aromatic rings. The number of alkyl halides is 2. The molecule has 2 amide bonds. The molecule has 2 aromatic heterocycles. The number of benzene rings is 1. The third kappa shape index (κ3) is 4.69. The zero-order valence-corrected chi connectivity index (χ0v) is 13.8. The fourth-order valence-electron chi connectivity index (χ4n) is 2.18. The van der Waals surface area contributed by atoms with E-state index in [0.717, 1.165) is 11.3 Å². The molecule has 0 fully saturated rings. The van der Waals surface area contributed by atoms with Gasteiger partial charge < -0.3 is 0 Å². The van der Waals surface area contributed by atoms with Gasteiger partial charge in [0.05, 0.1) is 24.0 Å². The lowest BCUT2D eigenvalue weighted by Crippen LogP contribution is -2.44. The fraction of sp³-hybridized carbons (Fsp3) is 0.118. The molecule has 3 rings (SSSR count). The van der Waals surface area contributed by atoms with Crippen LogP contribution in [0.3, 0.4) is 0 Å². The molecule has 0 radical (unpaired) electrons. The molecule has 0 unspecified atom stereocenters. The molecule has 0 spiro atoms. The van der Waals surface area contributed by atoms with Crippen molar-refractivity contribution in [3.05, 3.63) is 66.1 Å². The second-order valence-corrected chi connectivity index (χ2v) is 5.45. The molecular weight excluding hydrogens is 358 g/mol. The molecule has 2 heterocycles. The summed E-state index contributed by atoms with van der Waals surface area (Å²) < 4.78 is 25.7. The first-order chi connectivity index (χ1) is 13.0. The quantitative estimate of drug-likeness (QED) is 0.660. The smallest absolute Gasteiger partial charge is 0.267 e. The van der Waals surface area contributed by atoms with Crippen LogP contribution in [0.15, 0.2) is 54.9 Å². The van der Waals surface area contributed by atoms with Gasteiger partial charge in [-0.25, -0.2) is 4.68 Å². The highest BCUT2D eigenvalue weighted by atomic mass is 19.3. The van der Waals surface area contributed by atoms with Crippen LogP contribution in [0, 0.1) is 0 Å². The zero-order valence-electron chi connectivity index (χ0n) is 13.8. The molecule has 0 atom stereocenters. The van der Waals surface area contributed by atoms with Gasteiger partial charge in [-0.05, 0) is 12.1 Å². The van der Waals surface area contributed by atoms with Gasteiger partial charge in [-0.3, -0.25) is 25.4 Å². The van der Waals surface area contributed by atoms with Crippen molar-refractivity contribution in [1.82, 2.24) is 30.8 Å². The number of rotatable bonds is 5. The number of aromatic nitrogens is 4. The van der Waals surface area contributed by atoms with Crippen molar-refractivity contribution in [2.45, 2.75) is 13.0 Å². The van der Waals surface area contributed by atoms with Gasteiger partial charge in [-0.2, -0.15) is 8.78 Å². The minimum absolute atomic E-state index is 0.108. The maximum Gasteiger partial charge on any atom is 0.317 e. The van der Waals surface area contributed by atoms with E-state index in [1.165, 1.54) is 12.3 Å². The SMILES string of the molecule is O=C(NNC(=O)C(F)F)c1ccc(Cn2cc(-c3ccccc3)nn2)nc1. The van der Waals surface area contributed by atoms with Gasteiger partial charge in [0, 0.05) is 11.8 Å². The Morgan fingerprint density at radius 2 is 1.85 bits per heavy atom. The van der Waals surface area contributed by atoms with Gasteiger partial charge in [0.15, 0.2) is 0 Å². The lowest BCUT2D eigenvalue weighted by atomic mass is 10.2. The average Bonchev–Trinajstić information content (AvgIpc) is 3.15. The fourth-order valence-corrected chi connectivity index (χ4v) is 2.18. The van der Waals surface area contributed by atoms with Gasteiger partial charge in [0.1, 0.15) is 5.69 Å². The number of amides is 2. The number of hydrogen-bond donors (Lipinski definition) is 2. The maximum atomic E-state index is 12.1. The van der Waals surface area contributed by atoms with Crippen LogP contribution < -0.4 is 10.9 Å². The monoisotopic (exact) mass is 372 g/mol. The first kappa shape index (κ1) is 18.1. The van der Waals surface area contributed by atoms with Gasteiger partial charge in [0.25, 0.3) is 5.91 Å². The molecule has 0 aliphatic rings. The summed E-state index contributed by atoms with van der Waals surface area (Å²) in [5.74, 6) is -2.34. The van der Waals surface area contributed by atoms with Gasteiger partial charge in [-0.1, -0.05) is 35.5 Å². The average molecular weight is 372 g/mol. The number of halogens is 2. The highest BCUT2D eigenvalue weighted by Gasteiger charge is 2.16. The van der Waals surface area contributed by atoms with E-state index in [0.29, 0.717) is 12.2 Å². The Morgan fingerprint density at radius 1 is 1.07 bits per heavy atom. The van der Waals surface area contributed by atoms with Crippen LogP contribution in [-0.4, -0.2) is 38.2 Å². The van der Waals surface area contributed by atoms with E-state index in [4.69, 9.17) is 0 Å². The predicted octanol–water partition coefficient (Wildman–Crippen LogP) is 1.41. The third-order valence-electron chi connectivity index (χ3n) is 3.52. The second-order valence-electron chi connectivity index (χ2n) is 5.45. The van der Waals surface area contributed by atoms with E-state index in [9.17, 15) is 18.4 Å². The van der Waals surface area contributed by atoms with Crippen molar-refractivity contribution in [3.63, 3.8) is 0 Å². The lowest BCUT2D eigenvalue weighted by Gasteiger charge is -2.07. The summed E-state index contributed by atoms with van der Waals surface area (Å²) in [5, 5.41) is 8.14. The van der Waals surface area contributed by atoms with Crippen LogP contribution in [-0.2, 0) is 11.3 Å². The Morgan fingerprint density at radius 3 is 2.52 bits per heavy atom. The summed E-state index contributed by atoms with van der Waals surface area (Å²) in [6.45, 7) is 0.337. The second kappa shape index (κ2) is 8.13. The first-order valence-electron chi connectivity index (χ1n) is 7.82. The molecule has 0 bridgehead atoms. The van der Waals surface area contributed by atoms with Crippen molar-refractivity contribution in [2.75, 3.05) is 0 Å². The number of hydrogen-bond acceptors (Lipinski definition) is 5. The molecule has 27 heavy (non-hydrogen) atoms. The van der Waals surface area contributed by atoms with Crippen LogP contribution in [0.2, 0.25) is 0 Å². The molecule has 1 aromatic carbocycles. The van der Waals surface area contributed by atoms with Crippen LogP contribution in [0.1, 0.15) is 16.1 Å². The standard InChI is InChI=1S/C17H14F2N6O2/c18-15(19)17(27)23-22-16(26)12-6-7-13(20-8-12)9-25-10-14(21-24-25)11-4-2-1-3-5-11/h1-8,10,15H,9H2,(H,22,26)(H,23,27). The van der Waals surface area contributed by atoms with Crippen molar-refractivity contribution >= 4 is 11.8 Å². The van der Waals surface area contributed by atoms with Crippen LogP contribution in [0.25, 0.3) is 11.3 Å². The summed E-state index contributed by atoms with van der Waals surface area (Å²) in [4.78, 5) is 26.6. The van der Waals surface area contributed by atoms with E-state index >= 15 is 0 Å². The molecule has 10 heteroatoms. The molecule has 8 nitrogen and oxygen atoms in total. The molecule has 0 saturated heterocycles. The summed E-state index contributed by atoms with van der Waals surface area (Å²) >= 11 is 0. The van der Waals surface area contributed by atoms with Crippen LogP contribution in [0.4, 0.5) is 8.78 Å². The number of hydrazine groups is 1. The first-order valence-corrected chi connectivity index (χ1v) is 7.82. The van der Waals surface area contributed by atoms with E-state index in [1.54, 1.807) is 22.4 Å². The summed E-state index contributed by atoms with van der Waals surface area (Å²) in [6.07, 6.45) is -0.166.